The number of fused-ring (bicyclic) bond motifs is 4. The van der Waals surface area contributed by atoms with E-state index in [1.54, 1.807) is 30.2 Å². The van der Waals surface area contributed by atoms with Crippen LogP contribution in [0.2, 0.25) is 0 Å². The number of rotatable bonds is 4. The quantitative estimate of drug-likeness (QED) is 0.506. The molecule has 0 atom stereocenters. The second-order valence-corrected chi connectivity index (χ2v) is 9.46. The molecule has 0 bridgehead atoms. The van der Waals surface area contributed by atoms with E-state index in [1.807, 2.05) is 24.3 Å². The third-order valence-corrected chi connectivity index (χ3v) is 7.37. The zero-order chi connectivity index (χ0) is 22.5. The van der Waals surface area contributed by atoms with E-state index in [4.69, 9.17) is 0 Å². The van der Waals surface area contributed by atoms with Crippen LogP contribution in [0.15, 0.2) is 60.3 Å². The molecule has 0 spiro atoms. The van der Waals surface area contributed by atoms with Gasteiger partial charge in [0.2, 0.25) is 11.9 Å². The average Bonchev–Trinajstić information content (AvgIpc) is 3.20. The highest BCUT2D eigenvalue weighted by Gasteiger charge is 2.37. The first-order valence-corrected chi connectivity index (χ1v) is 11.6. The Kier molecular flexibility index (Phi) is 4.85. The molecule has 5 rings (SSSR count). The van der Waals surface area contributed by atoms with Crippen LogP contribution in [-0.4, -0.2) is 43.1 Å². The summed E-state index contributed by atoms with van der Waals surface area (Å²) >= 11 is 0. The first-order chi connectivity index (χ1) is 15.4. The monoisotopic (exact) mass is 450 g/mol. The zero-order valence-corrected chi connectivity index (χ0v) is 18.2. The molecule has 0 saturated heterocycles. The fourth-order valence-corrected chi connectivity index (χ4v) is 5.61. The summed E-state index contributed by atoms with van der Waals surface area (Å²) in [6.45, 7) is 6.15. The zero-order valence-electron chi connectivity index (χ0n) is 17.4. The highest BCUT2D eigenvalue weighted by molar-refractivity contribution is 8.25. The van der Waals surface area contributed by atoms with Crippen LogP contribution in [0.25, 0.3) is 11.3 Å². The largest absolute Gasteiger partial charge is 0.324 e. The maximum Gasteiger partial charge on any atom is 0.227 e. The summed E-state index contributed by atoms with van der Waals surface area (Å²) in [4.78, 5) is 27.2. The Morgan fingerprint density at radius 2 is 2.16 bits per heavy atom. The van der Waals surface area contributed by atoms with Crippen molar-refractivity contribution in [2.45, 2.75) is 18.2 Å². The summed E-state index contributed by atoms with van der Waals surface area (Å²) < 4.78 is 23.4. The van der Waals surface area contributed by atoms with Crippen LogP contribution < -0.4 is 14.5 Å². The molecule has 0 aliphatic carbocycles. The molecule has 2 aromatic heterocycles. The minimum absolute atomic E-state index is 0.00400. The van der Waals surface area contributed by atoms with E-state index < -0.39 is 10.8 Å². The molecule has 10 heteroatoms. The molecular weight excluding hydrogens is 428 g/mol. The molecule has 9 nitrogen and oxygen atoms in total. The lowest BCUT2D eigenvalue weighted by Gasteiger charge is -2.46. The number of hydrogen-bond donors (Lipinski definition) is 3. The van der Waals surface area contributed by atoms with Crippen molar-refractivity contribution in [2.24, 2.45) is 0 Å². The van der Waals surface area contributed by atoms with E-state index >= 15 is 0 Å². The van der Waals surface area contributed by atoms with Crippen LogP contribution >= 0.6 is 10.8 Å². The molecule has 2 aliphatic rings. The Morgan fingerprint density at radius 3 is 2.94 bits per heavy atom. The van der Waals surface area contributed by atoms with Crippen LogP contribution in [0.3, 0.4) is 0 Å². The predicted octanol–water partition coefficient (Wildman–Crippen LogP) is 4.22. The molecule has 2 aliphatic heterocycles. The number of nitrogens with one attached hydrogen (secondary N) is 1. The van der Waals surface area contributed by atoms with Gasteiger partial charge in [-0.2, -0.15) is 0 Å². The maximum atomic E-state index is 11.9. The number of anilines is 4. The van der Waals surface area contributed by atoms with Crippen LogP contribution in [0.5, 0.6) is 0 Å². The molecular formula is C22H22N6O3S. The summed E-state index contributed by atoms with van der Waals surface area (Å²) in [6.07, 6.45) is 5.45. The van der Waals surface area contributed by atoms with Gasteiger partial charge in [0, 0.05) is 36.6 Å². The molecule has 4 heterocycles. The number of benzene rings is 1. The average molecular weight is 451 g/mol. The number of hydrogen-bond acceptors (Lipinski definition) is 8. The molecule has 3 N–H and O–H groups in total. The highest BCUT2D eigenvalue weighted by atomic mass is 32.3. The molecule has 164 valence electrons. The number of pyridine rings is 1. The summed E-state index contributed by atoms with van der Waals surface area (Å²) in [5.74, 6) is 0.738. The van der Waals surface area contributed by atoms with E-state index in [-0.39, 0.29) is 17.3 Å². The maximum absolute atomic E-state index is 11.9. The Labute approximate surface area is 186 Å². The van der Waals surface area contributed by atoms with Gasteiger partial charge in [-0.25, -0.2) is 19.3 Å². The van der Waals surface area contributed by atoms with E-state index in [1.165, 1.54) is 10.5 Å². The van der Waals surface area contributed by atoms with Crippen molar-refractivity contribution >= 4 is 39.8 Å². The highest BCUT2D eigenvalue weighted by Crippen LogP contribution is 2.60. The van der Waals surface area contributed by atoms with Crippen LogP contribution in [0.1, 0.15) is 12.5 Å². The molecule has 1 amide bonds. The molecule has 32 heavy (non-hydrogen) atoms. The van der Waals surface area contributed by atoms with E-state index in [0.717, 1.165) is 23.4 Å². The Morgan fingerprint density at radius 1 is 1.31 bits per heavy atom. The summed E-state index contributed by atoms with van der Waals surface area (Å²) in [5.41, 5.74) is 3.83. The van der Waals surface area contributed by atoms with Crippen molar-refractivity contribution in [3.63, 3.8) is 0 Å². The molecule has 1 aromatic carbocycles. The van der Waals surface area contributed by atoms with Crippen molar-refractivity contribution in [3.05, 3.63) is 60.9 Å². The molecule has 0 unspecified atom stereocenters. The lowest BCUT2D eigenvalue weighted by Crippen LogP contribution is -2.32. The first-order valence-electron chi connectivity index (χ1n) is 10.1. The molecule has 0 radical (unpaired) electrons. The van der Waals surface area contributed by atoms with E-state index in [0.29, 0.717) is 29.6 Å². The predicted molar refractivity (Wildman–Crippen MR) is 125 cm³/mol. The lowest BCUT2D eigenvalue weighted by molar-refractivity contribution is -0.116. The third-order valence-electron chi connectivity index (χ3n) is 5.55. The van der Waals surface area contributed by atoms with Gasteiger partial charge in [0.05, 0.1) is 12.7 Å². The smallest absolute Gasteiger partial charge is 0.227 e. The summed E-state index contributed by atoms with van der Waals surface area (Å²) in [5, 5.41) is 3.17. The van der Waals surface area contributed by atoms with Gasteiger partial charge in [0.15, 0.2) is 5.82 Å². The SMILES string of the molecule is C=CCN1c2ncccc2-c2nc(Nc3ccc4c(c3)N(C(C)=O)CC4)ncc2S1(O)O. The second-order valence-electron chi connectivity index (χ2n) is 7.54. The van der Waals surface area contributed by atoms with Crippen molar-refractivity contribution in [1.82, 2.24) is 15.0 Å². The fraction of sp³-hybridized carbons (Fsp3) is 0.182. The normalized spacial score (nSPS) is 16.6. The number of nitrogens with zero attached hydrogens (tertiary/aromatic N) is 5. The van der Waals surface area contributed by atoms with Gasteiger partial charge < -0.3 is 10.2 Å². The van der Waals surface area contributed by atoms with E-state index in [2.05, 4.69) is 26.8 Å². The van der Waals surface area contributed by atoms with Crippen molar-refractivity contribution < 1.29 is 13.9 Å². The fourth-order valence-electron chi connectivity index (χ4n) is 4.07. The molecule has 0 saturated carbocycles. The minimum Gasteiger partial charge on any atom is -0.324 e. The Hall–Kier alpha value is -3.47. The van der Waals surface area contributed by atoms with Gasteiger partial charge in [-0.1, -0.05) is 22.9 Å². The van der Waals surface area contributed by atoms with Gasteiger partial charge >= 0.3 is 0 Å². The van der Waals surface area contributed by atoms with E-state index in [9.17, 15) is 13.9 Å². The standard InChI is InChI=1S/C22H22N6O3S/c1-3-10-28-21-17(5-4-9-23-21)20-19(32(28,30)31)13-24-22(26-20)25-16-7-6-15-8-11-27(14(2)29)18(15)12-16/h3-7,9,12-13,30-31H,1,8,10-11H2,2H3,(H,24,25,26). The van der Waals surface area contributed by atoms with Gasteiger partial charge in [-0.05, 0) is 36.2 Å². The first kappa shape index (κ1) is 20.4. The van der Waals surface area contributed by atoms with Gasteiger partial charge in [-0.15, -0.1) is 6.58 Å². The second kappa shape index (κ2) is 7.59. The number of carbonyl (C=O) groups is 1. The molecule has 0 fully saturated rings. The summed E-state index contributed by atoms with van der Waals surface area (Å²) in [7, 11) is -3.37. The van der Waals surface area contributed by atoms with Crippen molar-refractivity contribution in [3.8, 4) is 11.3 Å². The number of aromatic nitrogens is 3. The van der Waals surface area contributed by atoms with Gasteiger partial charge in [0.25, 0.3) is 0 Å². The van der Waals surface area contributed by atoms with Crippen LogP contribution in [0, 0.1) is 0 Å². The van der Waals surface area contributed by atoms with Crippen molar-refractivity contribution in [2.75, 3.05) is 27.6 Å². The Bertz CT molecular complexity index is 1250. The third kappa shape index (κ3) is 3.20. The van der Waals surface area contributed by atoms with Crippen LogP contribution in [0.4, 0.5) is 23.1 Å². The van der Waals surface area contributed by atoms with Crippen LogP contribution in [-0.2, 0) is 11.2 Å². The topological polar surface area (TPSA) is 115 Å². The Balaban J connectivity index is 1.54. The van der Waals surface area contributed by atoms with Gasteiger partial charge in [0.1, 0.15) is 10.6 Å². The summed E-state index contributed by atoms with van der Waals surface area (Å²) in [6, 6.07) is 9.42. The number of carbonyl (C=O) groups excluding carboxylic acids is 1. The number of amides is 1. The van der Waals surface area contributed by atoms with Gasteiger partial charge in [-0.3, -0.25) is 13.9 Å². The minimum atomic E-state index is -3.37. The lowest BCUT2D eigenvalue weighted by atomic mass is 10.1. The van der Waals surface area contributed by atoms with Crippen molar-refractivity contribution in [1.29, 1.82) is 0 Å². The molecule has 3 aromatic rings.